The van der Waals surface area contributed by atoms with Gasteiger partial charge in [0.15, 0.2) is 0 Å². The molecule has 1 aromatic heterocycles. The molecule has 0 aliphatic rings. The fourth-order valence-corrected chi connectivity index (χ4v) is 3.71. The van der Waals surface area contributed by atoms with E-state index in [1.54, 1.807) is 30.3 Å². The standard InChI is InChI=1S/C20H28N2O3S/c1-3-4-5-6-7-8-9-18-19(21)14-15-25-20(18)22-26(23,24)17-12-10-16(2)11-13-17/h10-15H,3-9,21H2,1-2H3. The molecule has 0 unspecified atom stereocenters. The van der Waals surface area contributed by atoms with Crippen LogP contribution in [-0.4, -0.2) is 8.42 Å². The SMILES string of the molecule is CCCCCCCCc1c(N)ccoc1=NS(=O)(=O)c1ccc(C)cc1. The van der Waals surface area contributed by atoms with Crippen LogP contribution in [0.4, 0.5) is 5.69 Å². The van der Waals surface area contributed by atoms with E-state index in [9.17, 15) is 8.42 Å². The molecule has 0 saturated heterocycles. The number of hydrogen-bond donors (Lipinski definition) is 1. The van der Waals surface area contributed by atoms with Gasteiger partial charge in [0.1, 0.15) is 0 Å². The minimum absolute atomic E-state index is 0.0825. The molecule has 1 aromatic carbocycles. The first-order chi connectivity index (χ1) is 12.4. The number of hydrogen-bond acceptors (Lipinski definition) is 4. The number of benzene rings is 1. The van der Waals surface area contributed by atoms with E-state index in [4.69, 9.17) is 10.2 Å². The Balaban J connectivity index is 2.21. The lowest BCUT2D eigenvalue weighted by Crippen LogP contribution is -2.15. The zero-order chi connectivity index (χ0) is 19.0. The van der Waals surface area contributed by atoms with Crippen molar-refractivity contribution in [3.05, 3.63) is 53.3 Å². The van der Waals surface area contributed by atoms with Crippen LogP contribution in [0.15, 0.2) is 50.3 Å². The third-order valence-electron chi connectivity index (χ3n) is 4.34. The van der Waals surface area contributed by atoms with Gasteiger partial charge in [-0.3, -0.25) is 0 Å². The van der Waals surface area contributed by atoms with E-state index in [-0.39, 0.29) is 10.4 Å². The van der Waals surface area contributed by atoms with Gasteiger partial charge >= 0.3 is 0 Å². The van der Waals surface area contributed by atoms with Crippen molar-refractivity contribution in [2.24, 2.45) is 4.40 Å². The topological polar surface area (TPSA) is 85.7 Å². The predicted octanol–water partition coefficient (Wildman–Crippen LogP) is 4.36. The third-order valence-corrected chi connectivity index (χ3v) is 5.61. The molecule has 2 aromatic rings. The average molecular weight is 377 g/mol. The fraction of sp³-hybridized carbons (Fsp3) is 0.450. The van der Waals surface area contributed by atoms with E-state index in [1.807, 2.05) is 6.92 Å². The monoisotopic (exact) mass is 376 g/mol. The lowest BCUT2D eigenvalue weighted by atomic mass is 10.1. The summed E-state index contributed by atoms with van der Waals surface area (Å²) in [5.41, 5.74) is 8.30. The second kappa shape index (κ2) is 9.57. The van der Waals surface area contributed by atoms with Gasteiger partial charge in [-0.1, -0.05) is 56.7 Å². The zero-order valence-corrected chi connectivity index (χ0v) is 16.4. The van der Waals surface area contributed by atoms with Gasteiger partial charge in [-0.05, 0) is 38.0 Å². The predicted molar refractivity (Wildman–Crippen MR) is 104 cm³/mol. The Labute approximate surface area is 156 Å². The quantitative estimate of drug-likeness (QED) is 0.659. The molecule has 0 spiro atoms. The van der Waals surface area contributed by atoms with Crippen LogP contribution >= 0.6 is 0 Å². The first kappa shape index (κ1) is 20.2. The lowest BCUT2D eigenvalue weighted by molar-refractivity contribution is 0.485. The second-order valence-electron chi connectivity index (χ2n) is 6.56. The van der Waals surface area contributed by atoms with Crippen molar-refractivity contribution < 1.29 is 12.8 Å². The van der Waals surface area contributed by atoms with Crippen LogP contribution in [0.1, 0.15) is 56.6 Å². The van der Waals surface area contributed by atoms with Crippen molar-refractivity contribution in [2.75, 3.05) is 5.73 Å². The van der Waals surface area contributed by atoms with Gasteiger partial charge in [-0.25, -0.2) is 0 Å². The van der Waals surface area contributed by atoms with Crippen LogP contribution < -0.4 is 11.3 Å². The largest absolute Gasteiger partial charge is 0.446 e. The number of rotatable bonds is 9. The van der Waals surface area contributed by atoms with Crippen LogP contribution in [0.2, 0.25) is 0 Å². The highest BCUT2D eigenvalue weighted by Gasteiger charge is 2.14. The highest BCUT2D eigenvalue weighted by atomic mass is 32.2. The van der Waals surface area contributed by atoms with E-state index in [2.05, 4.69) is 11.3 Å². The molecular weight excluding hydrogens is 348 g/mol. The van der Waals surface area contributed by atoms with Crippen molar-refractivity contribution in [1.82, 2.24) is 0 Å². The second-order valence-corrected chi connectivity index (χ2v) is 8.16. The number of anilines is 1. The van der Waals surface area contributed by atoms with Crippen LogP contribution in [-0.2, 0) is 16.4 Å². The summed E-state index contributed by atoms with van der Waals surface area (Å²) >= 11 is 0. The van der Waals surface area contributed by atoms with Gasteiger partial charge in [-0.15, -0.1) is 4.40 Å². The highest BCUT2D eigenvalue weighted by molar-refractivity contribution is 7.90. The molecule has 0 radical (unpaired) electrons. The van der Waals surface area contributed by atoms with E-state index in [0.717, 1.165) is 18.4 Å². The van der Waals surface area contributed by atoms with E-state index in [1.165, 1.54) is 31.9 Å². The van der Waals surface area contributed by atoms with Gasteiger partial charge in [-0.2, -0.15) is 8.42 Å². The van der Waals surface area contributed by atoms with Crippen molar-refractivity contribution in [3.63, 3.8) is 0 Å². The summed E-state index contributed by atoms with van der Waals surface area (Å²) in [4.78, 5) is 0.145. The Morgan fingerprint density at radius 2 is 1.65 bits per heavy atom. The molecule has 0 fully saturated rings. The molecule has 6 heteroatoms. The molecule has 0 saturated carbocycles. The Hall–Kier alpha value is -2.08. The van der Waals surface area contributed by atoms with Crippen molar-refractivity contribution in [2.45, 2.75) is 63.7 Å². The first-order valence-electron chi connectivity index (χ1n) is 9.18. The number of sulfonamides is 1. The number of nitrogens with two attached hydrogens (primary N) is 1. The molecule has 2 N–H and O–H groups in total. The maximum Gasteiger partial charge on any atom is 0.285 e. The average Bonchev–Trinajstić information content (AvgIpc) is 2.60. The fourth-order valence-electron chi connectivity index (χ4n) is 2.75. The van der Waals surface area contributed by atoms with Gasteiger partial charge < -0.3 is 10.2 Å². The van der Waals surface area contributed by atoms with E-state index in [0.29, 0.717) is 17.7 Å². The van der Waals surface area contributed by atoms with Gasteiger partial charge in [0, 0.05) is 11.3 Å². The number of nitrogen functional groups attached to an aromatic ring is 1. The maximum absolute atomic E-state index is 12.6. The number of aryl methyl sites for hydroxylation is 1. The van der Waals surface area contributed by atoms with Crippen LogP contribution in [0.3, 0.4) is 0 Å². The molecule has 2 rings (SSSR count). The smallest absolute Gasteiger partial charge is 0.285 e. The maximum atomic E-state index is 12.6. The minimum atomic E-state index is -3.84. The molecule has 0 amide bonds. The summed E-state index contributed by atoms with van der Waals surface area (Å²) < 4.78 is 34.4. The van der Waals surface area contributed by atoms with Gasteiger partial charge in [0.05, 0.1) is 11.2 Å². The number of nitrogens with zero attached hydrogens (tertiary/aromatic N) is 1. The molecule has 0 bridgehead atoms. The zero-order valence-electron chi connectivity index (χ0n) is 15.6. The van der Waals surface area contributed by atoms with Gasteiger partial charge in [0.2, 0.25) is 5.55 Å². The Morgan fingerprint density at radius 1 is 1.00 bits per heavy atom. The number of unbranched alkanes of at least 4 members (excludes halogenated alkanes) is 5. The molecule has 1 heterocycles. The van der Waals surface area contributed by atoms with Crippen molar-refractivity contribution >= 4 is 15.7 Å². The molecule has 142 valence electrons. The summed E-state index contributed by atoms with van der Waals surface area (Å²) in [5, 5.41) is 0. The minimum Gasteiger partial charge on any atom is -0.446 e. The molecular formula is C20H28N2O3S. The molecule has 5 nitrogen and oxygen atoms in total. The first-order valence-corrected chi connectivity index (χ1v) is 10.6. The summed E-state index contributed by atoms with van der Waals surface area (Å²) in [5.74, 6) is 0. The van der Waals surface area contributed by atoms with E-state index >= 15 is 0 Å². The molecule has 0 aliphatic carbocycles. The Morgan fingerprint density at radius 3 is 2.35 bits per heavy atom. The Kier molecular flexibility index (Phi) is 7.45. The Bertz CT molecular complexity index is 869. The van der Waals surface area contributed by atoms with Crippen molar-refractivity contribution in [3.8, 4) is 0 Å². The van der Waals surface area contributed by atoms with Crippen LogP contribution in [0.25, 0.3) is 0 Å². The van der Waals surface area contributed by atoms with Crippen LogP contribution in [0.5, 0.6) is 0 Å². The molecule has 0 aliphatic heterocycles. The summed E-state index contributed by atoms with van der Waals surface area (Å²) in [6.45, 7) is 4.09. The normalized spacial score (nSPS) is 12.5. The molecule has 26 heavy (non-hydrogen) atoms. The van der Waals surface area contributed by atoms with E-state index < -0.39 is 10.0 Å². The summed E-state index contributed by atoms with van der Waals surface area (Å²) in [7, 11) is -3.84. The van der Waals surface area contributed by atoms with Gasteiger partial charge in [0.25, 0.3) is 10.0 Å². The third kappa shape index (κ3) is 5.73. The molecule has 0 atom stereocenters. The summed E-state index contributed by atoms with van der Waals surface area (Å²) in [6, 6.07) is 8.23. The van der Waals surface area contributed by atoms with Crippen LogP contribution in [0, 0.1) is 6.92 Å². The lowest BCUT2D eigenvalue weighted by Gasteiger charge is -2.06. The summed E-state index contributed by atoms with van der Waals surface area (Å²) in [6.07, 6.45) is 8.91. The van der Waals surface area contributed by atoms with Crippen molar-refractivity contribution in [1.29, 1.82) is 0 Å². The highest BCUT2D eigenvalue weighted by Crippen LogP contribution is 2.15.